The maximum atomic E-state index is 6.02. The summed E-state index contributed by atoms with van der Waals surface area (Å²) in [4.78, 5) is 0. The Bertz CT molecular complexity index is 1630. The molecule has 0 heterocycles. The van der Waals surface area contributed by atoms with Gasteiger partial charge in [0.15, 0.2) is 0 Å². The fourth-order valence-electron chi connectivity index (χ4n) is 6.90. The molecule has 0 saturated heterocycles. The van der Waals surface area contributed by atoms with E-state index in [9.17, 15) is 0 Å². The maximum absolute atomic E-state index is 6.02. The van der Waals surface area contributed by atoms with Crippen LogP contribution in [-0.2, 0) is 4.74 Å². The predicted molar refractivity (Wildman–Crippen MR) is 198 cm³/mol. The van der Waals surface area contributed by atoms with E-state index in [4.69, 9.17) is 4.74 Å². The molecule has 2 heteroatoms. The molecule has 2 aliphatic rings. The van der Waals surface area contributed by atoms with Gasteiger partial charge in [0, 0.05) is 6.61 Å². The summed E-state index contributed by atoms with van der Waals surface area (Å²) in [5.74, 6) is 0. The lowest BCUT2D eigenvalue weighted by Gasteiger charge is -2.32. The summed E-state index contributed by atoms with van der Waals surface area (Å²) in [7, 11) is -2.19. The average Bonchev–Trinajstić information content (AvgIpc) is 3.60. The third-order valence-electron chi connectivity index (χ3n) is 9.19. The van der Waals surface area contributed by atoms with Crippen LogP contribution in [0.1, 0.15) is 79.8 Å². The molecule has 6 rings (SSSR count). The third-order valence-corrected chi connectivity index (χ3v) is 13.8. The van der Waals surface area contributed by atoms with E-state index < -0.39 is 8.07 Å². The van der Waals surface area contributed by atoms with Crippen LogP contribution >= 0.6 is 0 Å². The Labute approximate surface area is 271 Å². The lowest BCUT2D eigenvalue weighted by atomic mass is 10.0. The van der Waals surface area contributed by atoms with Gasteiger partial charge in [0.1, 0.15) is 8.07 Å². The predicted octanol–water partition coefficient (Wildman–Crippen LogP) is 11.8. The number of hydrogen-bond donors (Lipinski definition) is 0. The molecule has 2 aliphatic carbocycles. The van der Waals surface area contributed by atoms with Gasteiger partial charge in [0.25, 0.3) is 0 Å². The highest BCUT2D eigenvalue weighted by Gasteiger charge is 2.42. The van der Waals surface area contributed by atoms with Gasteiger partial charge in [-0.15, -0.1) is 0 Å². The quantitative estimate of drug-likeness (QED) is 0.122. The van der Waals surface area contributed by atoms with Crippen LogP contribution in [0.3, 0.4) is 0 Å². The van der Waals surface area contributed by atoms with Crippen molar-refractivity contribution in [2.75, 3.05) is 6.61 Å². The topological polar surface area (TPSA) is 9.23 Å². The Balaban J connectivity index is 1.39. The van der Waals surface area contributed by atoms with Crippen LogP contribution in [0.15, 0.2) is 121 Å². The minimum Gasteiger partial charge on any atom is -0.376 e. The zero-order valence-electron chi connectivity index (χ0n) is 27.4. The van der Waals surface area contributed by atoms with Crippen molar-refractivity contribution in [2.24, 2.45) is 0 Å². The van der Waals surface area contributed by atoms with Crippen LogP contribution in [0.5, 0.6) is 0 Å². The SMILES string of the molecule is CC(C)(C)OCCCCCC[Si](C)(C1=CC(=Cc2ccccc2)c2ccccc21)C1=CC(=Cc2ccccc2)c2ccccc21. The molecule has 0 aromatic heterocycles. The second-order valence-corrected chi connectivity index (χ2v) is 17.9. The minimum absolute atomic E-state index is 0.0634. The number of fused-ring (bicyclic) bond motifs is 2. The molecule has 228 valence electrons. The Morgan fingerprint density at radius 1 is 0.533 bits per heavy atom. The second-order valence-electron chi connectivity index (χ2n) is 13.7. The highest BCUT2D eigenvalue weighted by molar-refractivity contribution is 7.10. The summed E-state index contributed by atoms with van der Waals surface area (Å²) in [6.45, 7) is 9.91. The average molecular weight is 607 g/mol. The summed E-state index contributed by atoms with van der Waals surface area (Å²) >= 11 is 0. The van der Waals surface area contributed by atoms with Crippen molar-refractivity contribution < 1.29 is 4.74 Å². The number of allylic oxidation sites excluding steroid dienone is 4. The van der Waals surface area contributed by atoms with E-state index in [1.165, 1.54) is 69.8 Å². The zero-order chi connectivity index (χ0) is 31.3. The Kier molecular flexibility index (Phi) is 9.35. The van der Waals surface area contributed by atoms with Crippen molar-refractivity contribution in [1.82, 2.24) is 0 Å². The minimum atomic E-state index is -2.19. The number of hydrogen-bond acceptors (Lipinski definition) is 1. The number of unbranched alkanes of at least 4 members (excludes halogenated alkanes) is 3. The highest BCUT2D eigenvalue weighted by Crippen LogP contribution is 2.51. The van der Waals surface area contributed by atoms with Crippen LogP contribution in [0.4, 0.5) is 0 Å². The molecule has 0 bridgehead atoms. The smallest absolute Gasteiger partial charge is 0.116 e. The molecule has 0 unspecified atom stereocenters. The van der Waals surface area contributed by atoms with Gasteiger partial charge in [0.05, 0.1) is 5.60 Å². The van der Waals surface area contributed by atoms with Gasteiger partial charge in [0.2, 0.25) is 0 Å². The lowest BCUT2D eigenvalue weighted by Crippen LogP contribution is -2.34. The van der Waals surface area contributed by atoms with Crippen molar-refractivity contribution in [3.63, 3.8) is 0 Å². The first-order valence-corrected chi connectivity index (χ1v) is 19.3. The largest absolute Gasteiger partial charge is 0.376 e. The molecule has 0 N–H and O–H groups in total. The monoisotopic (exact) mass is 606 g/mol. The normalized spacial score (nSPS) is 17.2. The van der Waals surface area contributed by atoms with Crippen LogP contribution in [0, 0.1) is 0 Å². The van der Waals surface area contributed by atoms with Crippen molar-refractivity contribution in [3.05, 3.63) is 155 Å². The molecule has 4 aromatic carbocycles. The molecule has 0 radical (unpaired) electrons. The first-order chi connectivity index (χ1) is 21.8. The maximum Gasteiger partial charge on any atom is 0.116 e. The molecule has 0 fully saturated rings. The highest BCUT2D eigenvalue weighted by atomic mass is 28.3. The van der Waals surface area contributed by atoms with Crippen LogP contribution in [0.25, 0.3) is 33.7 Å². The molecule has 4 aromatic rings. The number of rotatable bonds is 11. The number of ether oxygens (including phenoxy) is 1. The zero-order valence-corrected chi connectivity index (χ0v) is 28.4. The molecule has 0 amide bonds. The van der Waals surface area contributed by atoms with Crippen LogP contribution in [0.2, 0.25) is 12.6 Å². The Hall–Kier alpha value is -3.98. The third kappa shape index (κ3) is 7.14. The first-order valence-electron chi connectivity index (χ1n) is 16.6. The Morgan fingerprint density at radius 3 is 1.42 bits per heavy atom. The van der Waals surface area contributed by atoms with E-state index >= 15 is 0 Å². The number of benzene rings is 4. The molecule has 0 atom stereocenters. The molecule has 0 aliphatic heterocycles. The Morgan fingerprint density at radius 2 is 0.956 bits per heavy atom. The molecule has 45 heavy (non-hydrogen) atoms. The standard InChI is InChI=1S/C43H46OSi/c1-43(2,3)44-27-17-5-6-18-28-45(4,41-31-35(29-33-19-9-7-10-20-33)37-23-13-15-25-39(37)41)42-32-36(30-34-21-11-8-12-22-34)38-24-14-16-26-40(38)42/h7-16,19-26,29-32H,5-6,17-18,27-28H2,1-4H3. The fraction of sp³-hybridized carbons (Fsp3) is 0.256. The second kappa shape index (κ2) is 13.6. The summed E-state index contributed by atoms with van der Waals surface area (Å²) < 4.78 is 6.02. The van der Waals surface area contributed by atoms with E-state index in [-0.39, 0.29) is 5.60 Å². The molecular weight excluding hydrogens is 561 g/mol. The van der Waals surface area contributed by atoms with E-state index in [1.807, 2.05) is 0 Å². The summed E-state index contributed by atoms with van der Waals surface area (Å²) in [5, 5.41) is 3.14. The van der Waals surface area contributed by atoms with Gasteiger partial charge in [-0.05, 0) is 100 Å². The van der Waals surface area contributed by atoms with E-state index in [2.05, 4.69) is 161 Å². The van der Waals surface area contributed by atoms with E-state index in [1.54, 1.807) is 10.4 Å². The van der Waals surface area contributed by atoms with Gasteiger partial charge in [-0.3, -0.25) is 0 Å². The van der Waals surface area contributed by atoms with E-state index in [0.29, 0.717) is 0 Å². The summed E-state index contributed by atoms with van der Waals surface area (Å²) in [6.07, 6.45) is 14.6. The van der Waals surface area contributed by atoms with Crippen LogP contribution in [-0.4, -0.2) is 20.3 Å². The summed E-state index contributed by atoms with van der Waals surface area (Å²) in [5.41, 5.74) is 10.7. The molecular formula is C43H46OSi. The van der Waals surface area contributed by atoms with Crippen LogP contribution < -0.4 is 0 Å². The summed E-state index contributed by atoms with van der Waals surface area (Å²) in [6, 6.07) is 40.9. The van der Waals surface area contributed by atoms with Gasteiger partial charge in [-0.25, -0.2) is 0 Å². The van der Waals surface area contributed by atoms with Gasteiger partial charge >= 0.3 is 0 Å². The first kappa shape index (κ1) is 31.0. The van der Waals surface area contributed by atoms with Gasteiger partial charge < -0.3 is 4.74 Å². The molecule has 1 nitrogen and oxygen atoms in total. The van der Waals surface area contributed by atoms with E-state index in [0.717, 1.165) is 13.0 Å². The molecule has 0 spiro atoms. The lowest BCUT2D eigenvalue weighted by molar-refractivity contribution is -0.00471. The van der Waals surface area contributed by atoms with Crippen molar-refractivity contribution in [1.29, 1.82) is 0 Å². The fourth-order valence-corrected chi connectivity index (χ4v) is 11.3. The van der Waals surface area contributed by atoms with Gasteiger partial charge in [-0.2, -0.15) is 0 Å². The van der Waals surface area contributed by atoms with Gasteiger partial charge in [-0.1, -0.05) is 147 Å². The van der Waals surface area contributed by atoms with Crippen molar-refractivity contribution in [3.8, 4) is 0 Å². The molecule has 0 saturated carbocycles. The van der Waals surface area contributed by atoms with Crippen molar-refractivity contribution >= 4 is 41.8 Å². The van der Waals surface area contributed by atoms with Crippen molar-refractivity contribution in [2.45, 2.75) is 64.6 Å².